The molecule has 0 aliphatic rings. The number of carbonyl (C=O) groups excluding carboxylic acids is 1. The SMILES string of the molecule is CC(C)OC(=O)OC(C)n1c(=O)c(C#N)nn(-c2cc(Cl)c(Oc3cc(C(C)C)c(=O)[nH]n3)c(Cl)c2)c1=O. The van der Waals surface area contributed by atoms with E-state index >= 15 is 0 Å². The van der Waals surface area contributed by atoms with Gasteiger partial charge < -0.3 is 14.2 Å². The number of nitrogens with one attached hydrogen (secondary N) is 1. The van der Waals surface area contributed by atoms with Gasteiger partial charge in [-0.25, -0.2) is 19.3 Å². The minimum Gasteiger partial charge on any atom is -0.434 e. The first-order chi connectivity index (χ1) is 17.8. The molecule has 38 heavy (non-hydrogen) atoms. The summed E-state index contributed by atoms with van der Waals surface area (Å²) >= 11 is 12.7. The van der Waals surface area contributed by atoms with Gasteiger partial charge in [-0.05, 0) is 38.8 Å². The van der Waals surface area contributed by atoms with Gasteiger partial charge in [0.05, 0.1) is 21.8 Å². The largest absolute Gasteiger partial charge is 0.510 e. The van der Waals surface area contributed by atoms with Crippen LogP contribution in [0.15, 0.2) is 32.6 Å². The van der Waals surface area contributed by atoms with E-state index in [1.165, 1.54) is 25.1 Å². The lowest BCUT2D eigenvalue weighted by Crippen LogP contribution is -2.45. The fourth-order valence-electron chi connectivity index (χ4n) is 3.21. The summed E-state index contributed by atoms with van der Waals surface area (Å²) < 4.78 is 16.8. The molecule has 2 aromatic heterocycles. The molecular formula is C23H22Cl2N6O7. The van der Waals surface area contributed by atoms with Gasteiger partial charge in [-0.15, -0.1) is 10.2 Å². The van der Waals surface area contributed by atoms with Gasteiger partial charge in [0.2, 0.25) is 11.6 Å². The number of ether oxygens (including phenoxy) is 3. The van der Waals surface area contributed by atoms with Crippen molar-refractivity contribution in [2.45, 2.75) is 52.9 Å². The lowest BCUT2D eigenvalue weighted by Gasteiger charge is -2.18. The topological polar surface area (TPSA) is 171 Å². The monoisotopic (exact) mass is 564 g/mol. The average molecular weight is 565 g/mol. The van der Waals surface area contributed by atoms with Gasteiger partial charge in [0.15, 0.2) is 12.0 Å². The molecule has 1 aromatic carbocycles. The number of hydrogen-bond acceptors (Lipinski definition) is 10. The smallest absolute Gasteiger partial charge is 0.434 e. The van der Waals surface area contributed by atoms with Crippen LogP contribution >= 0.6 is 23.2 Å². The third kappa shape index (κ3) is 6.04. The van der Waals surface area contributed by atoms with Crippen LogP contribution in [0, 0.1) is 11.3 Å². The molecule has 1 atom stereocenters. The molecule has 0 aliphatic carbocycles. The standard InChI is InChI=1S/C23H22Cl2N6O7/c1-10(2)14-8-18(27-28-20(14)32)38-19-15(24)6-13(7-16(19)25)31-22(34)30(21(33)17(9-26)29-31)12(5)37-23(35)36-11(3)4/h6-8,10-12H,1-5H3,(H,28,32). The zero-order chi connectivity index (χ0) is 28.3. The Labute approximate surface area is 225 Å². The van der Waals surface area contributed by atoms with Crippen LogP contribution in [-0.2, 0) is 9.47 Å². The summed E-state index contributed by atoms with van der Waals surface area (Å²) in [6.45, 7) is 8.06. The highest BCUT2D eigenvalue weighted by Crippen LogP contribution is 2.37. The number of nitrogens with zero attached hydrogens (tertiary/aromatic N) is 5. The molecule has 0 spiro atoms. The maximum absolute atomic E-state index is 13.2. The predicted octanol–water partition coefficient (Wildman–Crippen LogP) is 3.65. The molecule has 0 aliphatic heterocycles. The van der Waals surface area contributed by atoms with Crippen LogP contribution in [0.3, 0.4) is 0 Å². The minimum atomic E-state index is -1.45. The molecule has 3 rings (SSSR count). The number of carbonyl (C=O) groups is 1. The van der Waals surface area contributed by atoms with Gasteiger partial charge in [-0.1, -0.05) is 37.0 Å². The Morgan fingerprint density at radius 1 is 1.05 bits per heavy atom. The molecule has 13 nitrogen and oxygen atoms in total. The van der Waals surface area contributed by atoms with Crippen molar-refractivity contribution >= 4 is 29.4 Å². The van der Waals surface area contributed by atoms with Crippen LogP contribution < -0.4 is 21.5 Å². The van der Waals surface area contributed by atoms with Gasteiger partial charge in [0.25, 0.3) is 11.1 Å². The Balaban J connectivity index is 2.07. The molecule has 0 radical (unpaired) electrons. The summed E-state index contributed by atoms with van der Waals surface area (Å²) in [4.78, 5) is 49.7. The van der Waals surface area contributed by atoms with Crippen molar-refractivity contribution in [1.29, 1.82) is 5.26 Å². The third-order valence-electron chi connectivity index (χ3n) is 4.94. The third-order valence-corrected chi connectivity index (χ3v) is 5.50. The van der Waals surface area contributed by atoms with E-state index in [0.29, 0.717) is 14.8 Å². The summed E-state index contributed by atoms with van der Waals surface area (Å²) in [5.74, 6) is -0.139. The van der Waals surface area contributed by atoms with Crippen molar-refractivity contribution in [3.05, 3.63) is 70.7 Å². The van der Waals surface area contributed by atoms with E-state index in [4.69, 9.17) is 37.4 Å². The molecule has 3 aromatic rings. The number of aromatic amines is 1. The second-order valence-corrected chi connectivity index (χ2v) is 9.26. The van der Waals surface area contributed by atoms with Crippen molar-refractivity contribution in [3.63, 3.8) is 0 Å². The minimum absolute atomic E-state index is 0.0136. The highest BCUT2D eigenvalue weighted by atomic mass is 35.5. The average Bonchev–Trinajstić information content (AvgIpc) is 2.81. The van der Waals surface area contributed by atoms with Gasteiger partial charge >= 0.3 is 11.8 Å². The van der Waals surface area contributed by atoms with Crippen molar-refractivity contribution in [2.75, 3.05) is 0 Å². The van der Waals surface area contributed by atoms with Gasteiger partial charge in [0.1, 0.15) is 6.07 Å². The van der Waals surface area contributed by atoms with Crippen LogP contribution in [-0.4, -0.2) is 36.8 Å². The van der Waals surface area contributed by atoms with Gasteiger partial charge in [-0.3, -0.25) is 9.59 Å². The Bertz CT molecular complexity index is 1580. The van der Waals surface area contributed by atoms with Crippen molar-refractivity contribution < 1.29 is 19.0 Å². The van der Waals surface area contributed by atoms with E-state index in [1.54, 1.807) is 19.9 Å². The second kappa shape index (κ2) is 11.5. The fourth-order valence-corrected chi connectivity index (χ4v) is 3.77. The first-order valence-corrected chi connectivity index (χ1v) is 11.9. The van der Waals surface area contributed by atoms with E-state index in [1.807, 2.05) is 13.8 Å². The van der Waals surface area contributed by atoms with Gasteiger partial charge in [-0.2, -0.15) is 9.94 Å². The number of halogens is 2. The molecule has 0 amide bonds. The van der Waals surface area contributed by atoms with Crippen LogP contribution in [0.1, 0.15) is 58.0 Å². The Kier molecular flexibility index (Phi) is 8.60. The molecule has 0 saturated heterocycles. The zero-order valence-corrected chi connectivity index (χ0v) is 22.3. The molecule has 0 saturated carbocycles. The highest BCUT2D eigenvalue weighted by molar-refractivity contribution is 6.37. The number of rotatable bonds is 7. The summed E-state index contributed by atoms with van der Waals surface area (Å²) in [5, 5.41) is 19.2. The summed E-state index contributed by atoms with van der Waals surface area (Å²) in [5.41, 5.74) is -2.77. The number of benzene rings is 1. The molecule has 0 bridgehead atoms. The maximum atomic E-state index is 13.2. The van der Waals surface area contributed by atoms with Crippen LogP contribution in [0.25, 0.3) is 5.69 Å². The Morgan fingerprint density at radius 2 is 1.68 bits per heavy atom. The van der Waals surface area contributed by atoms with Crippen LogP contribution in [0.5, 0.6) is 11.6 Å². The summed E-state index contributed by atoms with van der Waals surface area (Å²) in [6, 6.07) is 5.54. The Morgan fingerprint density at radius 3 is 2.24 bits per heavy atom. The lowest BCUT2D eigenvalue weighted by atomic mass is 10.1. The molecule has 200 valence electrons. The van der Waals surface area contributed by atoms with Crippen molar-refractivity contribution in [1.82, 2.24) is 24.5 Å². The van der Waals surface area contributed by atoms with Crippen LogP contribution in [0.4, 0.5) is 4.79 Å². The van der Waals surface area contributed by atoms with Gasteiger partial charge in [0, 0.05) is 11.6 Å². The number of nitriles is 1. The van der Waals surface area contributed by atoms with Crippen molar-refractivity contribution in [2.24, 2.45) is 0 Å². The number of aromatic nitrogens is 5. The predicted molar refractivity (Wildman–Crippen MR) is 135 cm³/mol. The fraction of sp³-hybridized carbons (Fsp3) is 0.348. The van der Waals surface area contributed by atoms with E-state index in [0.717, 1.165) is 0 Å². The molecule has 15 heteroatoms. The highest BCUT2D eigenvalue weighted by Gasteiger charge is 2.23. The normalized spacial score (nSPS) is 11.8. The van der Waals surface area contributed by atoms with Crippen molar-refractivity contribution in [3.8, 4) is 23.4 Å². The summed E-state index contributed by atoms with van der Waals surface area (Å²) in [6.07, 6.45) is -3.08. The van der Waals surface area contributed by atoms with E-state index in [2.05, 4.69) is 15.3 Å². The van der Waals surface area contributed by atoms with E-state index in [9.17, 15) is 24.4 Å². The van der Waals surface area contributed by atoms with E-state index < -0.39 is 35.4 Å². The Hall–Kier alpha value is -4.15. The molecule has 0 fully saturated rings. The molecule has 2 heterocycles. The molecule has 1 N–H and O–H groups in total. The summed E-state index contributed by atoms with van der Waals surface area (Å²) in [7, 11) is 0. The quantitative estimate of drug-likeness (QED) is 0.417. The first kappa shape index (κ1) is 28.4. The first-order valence-electron chi connectivity index (χ1n) is 11.1. The zero-order valence-electron chi connectivity index (χ0n) is 20.8. The molecular weight excluding hydrogens is 543 g/mol. The van der Waals surface area contributed by atoms with Crippen LogP contribution in [0.2, 0.25) is 10.0 Å². The second-order valence-electron chi connectivity index (χ2n) is 8.45. The number of hydrogen-bond donors (Lipinski definition) is 1. The maximum Gasteiger partial charge on any atom is 0.510 e. The number of H-pyrrole nitrogens is 1. The molecule has 1 unspecified atom stereocenters. The van der Waals surface area contributed by atoms with E-state index in [-0.39, 0.29) is 38.8 Å². The lowest BCUT2D eigenvalue weighted by molar-refractivity contribution is -0.0131.